The summed E-state index contributed by atoms with van der Waals surface area (Å²) in [6.45, 7) is 3.08. The number of likely N-dealkylation sites (tertiary alicyclic amines) is 1. The molecule has 1 aromatic rings. The van der Waals surface area contributed by atoms with Crippen LogP contribution in [0.3, 0.4) is 0 Å². The van der Waals surface area contributed by atoms with E-state index in [1.807, 2.05) is 18.2 Å². The Balaban J connectivity index is 0.00000225. The van der Waals surface area contributed by atoms with Crippen LogP contribution in [0.15, 0.2) is 35.3 Å². The molecule has 1 saturated carbocycles. The molecule has 2 N–H and O–H groups in total. The maximum absolute atomic E-state index is 12.0. The van der Waals surface area contributed by atoms with Gasteiger partial charge in [0.05, 0.1) is 6.54 Å². The fourth-order valence-electron chi connectivity index (χ4n) is 3.75. The number of aliphatic imine (C=N–C) groups is 1. The second-order valence-electron chi connectivity index (χ2n) is 7.01. The molecular formula is C19H29IN4O. The third-order valence-electron chi connectivity index (χ3n) is 5.35. The first-order valence-electron chi connectivity index (χ1n) is 8.97. The number of rotatable bonds is 5. The van der Waals surface area contributed by atoms with Gasteiger partial charge in [0.2, 0.25) is 5.91 Å². The minimum Gasteiger partial charge on any atom is -0.354 e. The smallest absolute Gasteiger partial charge is 0.239 e. The normalized spacial score (nSPS) is 18.4. The Kier molecular flexibility index (Phi) is 7.53. The van der Waals surface area contributed by atoms with Gasteiger partial charge in [0.1, 0.15) is 0 Å². The zero-order valence-electron chi connectivity index (χ0n) is 15.0. The van der Waals surface area contributed by atoms with Crippen LogP contribution in [0.1, 0.15) is 31.2 Å². The van der Waals surface area contributed by atoms with E-state index >= 15 is 0 Å². The average Bonchev–Trinajstić information content (AvgIpc) is 3.02. The van der Waals surface area contributed by atoms with Crippen LogP contribution in [0.4, 0.5) is 0 Å². The predicted molar refractivity (Wildman–Crippen MR) is 112 cm³/mol. The van der Waals surface area contributed by atoms with Gasteiger partial charge in [-0.1, -0.05) is 36.8 Å². The summed E-state index contributed by atoms with van der Waals surface area (Å²) in [4.78, 5) is 18.7. The first-order chi connectivity index (χ1) is 11.7. The maximum atomic E-state index is 12.0. The largest absolute Gasteiger partial charge is 0.354 e. The van der Waals surface area contributed by atoms with E-state index in [1.165, 1.54) is 31.2 Å². The molecule has 6 heteroatoms. The lowest BCUT2D eigenvalue weighted by molar-refractivity contribution is -0.120. The van der Waals surface area contributed by atoms with E-state index in [2.05, 4.69) is 32.7 Å². The Morgan fingerprint density at radius 1 is 1.20 bits per heavy atom. The molecule has 138 valence electrons. The van der Waals surface area contributed by atoms with Crippen molar-refractivity contribution in [1.82, 2.24) is 15.5 Å². The number of amides is 1. The molecule has 2 aliphatic rings. The van der Waals surface area contributed by atoms with Crippen molar-refractivity contribution in [2.24, 2.45) is 10.4 Å². The zero-order valence-corrected chi connectivity index (χ0v) is 17.3. The standard InChI is InChI=1S/C19H28N4O.HI/c1-20-18(23-13-11-19(15-23)9-5-10-19)22-14-17(24)21-12-8-16-6-3-2-4-7-16;/h2-4,6-7H,5,8-15H2,1H3,(H,20,22)(H,21,24);1H. The summed E-state index contributed by atoms with van der Waals surface area (Å²) in [5, 5.41) is 6.17. The van der Waals surface area contributed by atoms with E-state index in [4.69, 9.17) is 0 Å². The Labute approximate surface area is 167 Å². The third-order valence-corrected chi connectivity index (χ3v) is 5.35. The molecule has 2 fully saturated rings. The van der Waals surface area contributed by atoms with E-state index in [0.717, 1.165) is 25.5 Å². The van der Waals surface area contributed by atoms with E-state index in [9.17, 15) is 4.79 Å². The highest BCUT2D eigenvalue weighted by molar-refractivity contribution is 14.0. The number of carbonyl (C=O) groups is 1. The lowest BCUT2D eigenvalue weighted by Crippen LogP contribution is -2.46. The van der Waals surface area contributed by atoms with Crippen molar-refractivity contribution in [1.29, 1.82) is 0 Å². The van der Waals surface area contributed by atoms with Gasteiger partial charge in [-0.25, -0.2) is 0 Å². The summed E-state index contributed by atoms with van der Waals surface area (Å²) in [5.41, 5.74) is 1.78. The quantitative estimate of drug-likeness (QED) is 0.407. The number of hydrogen-bond acceptors (Lipinski definition) is 2. The van der Waals surface area contributed by atoms with Gasteiger partial charge in [0.15, 0.2) is 5.96 Å². The van der Waals surface area contributed by atoms with Crippen LogP contribution in [0.5, 0.6) is 0 Å². The number of nitrogens with zero attached hydrogens (tertiary/aromatic N) is 2. The van der Waals surface area contributed by atoms with Crippen molar-refractivity contribution < 1.29 is 4.79 Å². The van der Waals surface area contributed by atoms with E-state index < -0.39 is 0 Å². The number of hydrogen-bond donors (Lipinski definition) is 2. The fraction of sp³-hybridized carbons (Fsp3) is 0.579. The molecule has 3 rings (SSSR count). The van der Waals surface area contributed by atoms with Crippen molar-refractivity contribution in [3.8, 4) is 0 Å². The molecule has 1 aromatic carbocycles. The third kappa shape index (κ3) is 5.33. The van der Waals surface area contributed by atoms with Crippen LogP contribution in [-0.4, -0.2) is 50.0 Å². The highest BCUT2D eigenvalue weighted by Crippen LogP contribution is 2.47. The van der Waals surface area contributed by atoms with Gasteiger partial charge >= 0.3 is 0 Å². The Morgan fingerprint density at radius 3 is 2.56 bits per heavy atom. The number of halogens is 1. The van der Waals surface area contributed by atoms with Crippen molar-refractivity contribution in [3.05, 3.63) is 35.9 Å². The average molecular weight is 456 g/mol. The summed E-state index contributed by atoms with van der Waals surface area (Å²) in [5.74, 6) is 0.876. The molecule has 5 nitrogen and oxygen atoms in total. The summed E-state index contributed by atoms with van der Waals surface area (Å²) >= 11 is 0. The minimum atomic E-state index is 0. The van der Waals surface area contributed by atoms with Crippen molar-refractivity contribution in [3.63, 3.8) is 0 Å². The molecule has 1 saturated heterocycles. The van der Waals surface area contributed by atoms with Gasteiger partial charge in [0.25, 0.3) is 0 Å². The van der Waals surface area contributed by atoms with Crippen molar-refractivity contribution in [2.75, 3.05) is 33.2 Å². The molecule has 25 heavy (non-hydrogen) atoms. The number of guanidine groups is 1. The summed E-state index contributed by atoms with van der Waals surface area (Å²) < 4.78 is 0. The van der Waals surface area contributed by atoms with Gasteiger partial charge in [0, 0.05) is 26.7 Å². The molecule has 1 amide bonds. The minimum absolute atomic E-state index is 0. The molecule has 0 aromatic heterocycles. The lowest BCUT2D eigenvalue weighted by Gasteiger charge is -2.38. The number of nitrogens with one attached hydrogen (secondary N) is 2. The molecule has 0 unspecified atom stereocenters. The maximum Gasteiger partial charge on any atom is 0.239 e. The first-order valence-corrected chi connectivity index (χ1v) is 8.97. The van der Waals surface area contributed by atoms with Gasteiger partial charge < -0.3 is 15.5 Å². The van der Waals surface area contributed by atoms with E-state index in [0.29, 0.717) is 12.0 Å². The van der Waals surface area contributed by atoms with Gasteiger partial charge in [-0.05, 0) is 36.7 Å². The summed E-state index contributed by atoms with van der Waals surface area (Å²) in [6.07, 6.45) is 6.18. The Morgan fingerprint density at radius 2 is 1.96 bits per heavy atom. The molecule has 0 atom stereocenters. The Hall–Kier alpha value is -1.31. The highest BCUT2D eigenvalue weighted by atomic mass is 127. The molecule has 1 heterocycles. The van der Waals surface area contributed by atoms with Crippen LogP contribution >= 0.6 is 24.0 Å². The molecule has 1 spiro atoms. The van der Waals surface area contributed by atoms with Crippen LogP contribution in [0.25, 0.3) is 0 Å². The van der Waals surface area contributed by atoms with Gasteiger partial charge in [-0.3, -0.25) is 9.79 Å². The van der Waals surface area contributed by atoms with Crippen LogP contribution in [-0.2, 0) is 11.2 Å². The predicted octanol–water partition coefficient (Wildman–Crippen LogP) is 2.41. The molecule has 1 aliphatic heterocycles. The topological polar surface area (TPSA) is 56.7 Å². The summed E-state index contributed by atoms with van der Waals surface area (Å²) in [6, 6.07) is 10.2. The van der Waals surface area contributed by atoms with Crippen LogP contribution in [0, 0.1) is 5.41 Å². The summed E-state index contributed by atoms with van der Waals surface area (Å²) in [7, 11) is 1.79. The van der Waals surface area contributed by atoms with E-state index in [1.54, 1.807) is 7.05 Å². The van der Waals surface area contributed by atoms with Crippen molar-refractivity contribution in [2.45, 2.75) is 32.1 Å². The lowest BCUT2D eigenvalue weighted by atomic mass is 9.68. The molecular weight excluding hydrogens is 427 g/mol. The highest BCUT2D eigenvalue weighted by Gasteiger charge is 2.43. The van der Waals surface area contributed by atoms with Crippen LogP contribution in [0.2, 0.25) is 0 Å². The van der Waals surface area contributed by atoms with Crippen molar-refractivity contribution >= 4 is 35.8 Å². The SMILES string of the molecule is CN=C(NCC(=O)NCCc1ccccc1)N1CCC2(CCC2)C1.I. The second kappa shape index (κ2) is 9.40. The fourth-order valence-corrected chi connectivity index (χ4v) is 3.75. The van der Waals surface area contributed by atoms with Crippen LogP contribution < -0.4 is 10.6 Å². The van der Waals surface area contributed by atoms with Gasteiger partial charge in [-0.2, -0.15) is 0 Å². The van der Waals surface area contributed by atoms with Gasteiger partial charge in [-0.15, -0.1) is 24.0 Å². The Bertz CT molecular complexity index is 586. The number of carbonyl (C=O) groups excluding carboxylic acids is 1. The zero-order chi connectivity index (χ0) is 16.8. The molecule has 1 aliphatic carbocycles. The first kappa shape index (κ1) is 20.0. The monoisotopic (exact) mass is 456 g/mol. The molecule has 0 radical (unpaired) electrons. The number of benzene rings is 1. The molecule has 0 bridgehead atoms. The van der Waals surface area contributed by atoms with E-state index in [-0.39, 0.29) is 36.4 Å². The second-order valence-corrected chi connectivity index (χ2v) is 7.01.